The van der Waals surface area contributed by atoms with Crippen LogP contribution in [0, 0.1) is 6.92 Å². The maximum Gasteiger partial charge on any atom is 0.254 e. The van der Waals surface area contributed by atoms with Gasteiger partial charge in [-0.05, 0) is 37.6 Å². The molecule has 0 spiro atoms. The van der Waals surface area contributed by atoms with Crippen molar-refractivity contribution in [3.05, 3.63) is 57.6 Å². The normalized spacial score (nSPS) is 15.6. The molecule has 2 aromatic rings. The minimum absolute atomic E-state index is 0.245. The number of halogens is 2. The molecule has 0 aliphatic carbocycles. The van der Waals surface area contributed by atoms with Gasteiger partial charge in [-0.3, -0.25) is 9.59 Å². The summed E-state index contributed by atoms with van der Waals surface area (Å²) in [7, 11) is 0. The molecule has 1 aliphatic heterocycles. The Labute approximate surface area is 168 Å². The van der Waals surface area contributed by atoms with Gasteiger partial charge in [0.05, 0.1) is 17.3 Å². The number of amides is 2. The van der Waals surface area contributed by atoms with Gasteiger partial charge in [0, 0.05) is 24.1 Å². The number of aryl methyl sites for hydroxylation is 1. The van der Waals surface area contributed by atoms with E-state index in [4.69, 9.17) is 27.9 Å². The molecule has 0 unspecified atom stereocenters. The van der Waals surface area contributed by atoms with Crippen LogP contribution in [0.2, 0.25) is 10.0 Å². The van der Waals surface area contributed by atoms with Crippen molar-refractivity contribution >= 4 is 40.7 Å². The predicted octanol–water partition coefficient (Wildman–Crippen LogP) is 4.29. The summed E-state index contributed by atoms with van der Waals surface area (Å²) in [5, 5.41) is 3.49. The van der Waals surface area contributed by atoms with Gasteiger partial charge in [0.15, 0.2) is 0 Å². The summed E-state index contributed by atoms with van der Waals surface area (Å²) in [6, 6.07) is 10.3. The number of ether oxygens (including phenoxy) is 1. The number of hydrogen-bond donors (Lipinski definition) is 1. The van der Waals surface area contributed by atoms with E-state index in [9.17, 15) is 9.59 Å². The van der Waals surface area contributed by atoms with E-state index < -0.39 is 6.04 Å². The van der Waals surface area contributed by atoms with Crippen molar-refractivity contribution < 1.29 is 14.3 Å². The third kappa shape index (κ3) is 4.20. The van der Waals surface area contributed by atoms with Gasteiger partial charge in [-0.15, -0.1) is 0 Å². The van der Waals surface area contributed by atoms with Crippen LogP contribution in [0.15, 0.2) is 36.4 Å². The first-order chi connectivity index (χ1) is 12.9. The van der Waals surface area contributed by atoms with E-state index in [0.717, 1.165) is 11.3 Å². The van der Waals surface area contributed by atoms with Crippen LogP contribution < -0.4 is 15.0 Å². The van der Waals surface area contributed by atoms with E-state index in [1.54, 1.807) is 17.0 Å². The molecule has 3 rings (SSSR count). The Morgan fingerprint density at radius 2 is 1.81 bits per heavy atom. The van der Waals surface area contributed by atoms with E-state index in [1.165, 1.54) is 6.92 Å². The lowest BCUT2D eigenvalue weighted by molar-refractivity contribution is -0.126. The third-order valence-corrected chi connectivity index (χ3v) is 4.98. The zero-order chi connectivity index (χ0) is 19.6. The van der Waals surface area contributed by atoms with Crippen LogP contribution in [-0.4, -0.2) is 25.0 Å². The molecular formula is C20H20Cl2N2O3. The van der Waals surface area contributed by atoms with E-state index in [1.807, 2.05) is 31.2 Å². The Hall–Kier alpha value is -2.24. The molecule has 2 aromatic carbocycles. The Balaban J connectivity index is 1.72. The smallest absolute Gasteiger partial charge is 0.254 e. The van der Waals surface area contributed by atoms with Gasteiger partial charge in [0.25, 0.3) is 5.91 Å². The Morgan fingerprint density at radius 1 is 1.15 bits per heavy atom. The largest absolute Gasteiger partial charge is 0.494 e. The molecule has 142 valence electrons. The summed E-state index contributed by atoms with van der Waals surface area (Å²) in [4.78, 5) is 26.0. The second-order valence-electron chi connectivity index (χ2n) is 6.43. The Bertz CT molecular complexity index is 868. The lowest BCUT2D eigenvalue weighted by Gasteiger charge is -2.19. The summed E-state index contributed by atoms with van der Waals surface area (Å²) < 4.78 is 5.72. The predicted molar refractivity (Wildman–Crippen MR) is 107 cm³/mol. The number of hydrogen-bond acceptors (Lipinski definition) is 3. The van der Waals surface area contributed by atoms with Gasteiger partial charge >= 0.3 is 0 Å². The molecule has 27 heavy (non-hydrogen) atoms. The molecule has 1 N–H and O–H groups in total. The van der Waals surface area contributed by atoms with Gasteiger partial charge in [-0.25, -0.2) is 0 Å². The first kappa shape index (κ1) is 19.5. The highest BCUT2D eigenvalue weighted by Crippen LogP contribution is 2.44. The minimum atomic E-state index is -0.818. The lowest BCUT2D eigenvalue weighted by Crippen LogP contribution is -2.37. The fraction of sp³-hybridized carbons (Fsp3) is 0.300. The molecule has 1 aliphatic rings. The molecule has 0 aromatic heterocycles. The van der Waals surface area contributed by atoms with E-state index in [-0.39, 0.29) is 11.8 Å². The van der Waals surface area contributed by atoms with Crippen LogP contribution in [-0.2, 0) is 9.59 Å². The number of nitrogens with one attached hydrogen (secondary N) is 1. The van der Waals surface area contributed by atoms with Gasteiger partial charge < -0.3 is 15.0 Å². The molecule has 0 fully saturated rings. The van der Waals surface area contributed by atoms with Crippen molar-refractivity contribution in [2.45, 2.75) is 26.3 Å². The van der Waals surface area contributed by atoms with Crippen molar-refractivity contribution in [2.24, 2.45) is 0 Å². The monoisotopic (exact) mass is 406 g/mol. The molecule has 2 amide bonds. The molecule has 1 atom stereocenters. The van der Waals surface area contributed by atoms with Crippen LogP contribution in [0.4, 0.5) is 5.69 Å². The highest BCUT2D eigenvalue weighted by atomic mass is 35.5. The van der Waals surface area contributed by atoms with Crippen molar-refractivity contribution in [1.82, 2.24) is 5.32 Å². The summed E-state index contributed by atoms with van der Waals surface area (Å²) in [6.45, 7) is 4.24. The molecule has 0 radical (unpaired) electrons. The molecule has 1 heterocycles. The van der Waals surface area contributed by atoms with Crippen molar-refractivity contribution in [3.63, 3.8) is 0 Å². The van der Waals surface area contributed by atoms with Crippen LogP contribution in [0.1, 0.15) is 30.5 Å². The SMILES string of the molecule is CC(=O)N[C@@H]1C(=O)N(CCCOc2ccc(C)cc2)c2c(Cl)ccc(Cl)c21. The van der Waals surface area contributed by atoms with Gasteiger partial charge in [-0.1, -0.05) is 40.9 Å². The number of anilines is 1. The highest BCUT2D eigenvalue weighted by Gasteiger charge is 2.40. The zero-order valence-corrected chi connectivity index (χ0v) is 16.6. The maximum atomic E-state index is 12.9. The number of nitrogens with zero attached hydrogens (tertiary/aromatic N) is 1. The molecule has 0 saturated carbocycles. The average Bonchev–Trinajstić information content (AvgIpc) is 2.90. The lowest BCUT2D eigenvalue weighted by atomic mass is 10.1. The molecule has 0 saturated heterocycles. The topological polar surface area (TPSA) is 58.6 Å². The number of carbonyl (C=O) groups is 2. The molecule has 7 heteroatoms. The number of rotatable bonds is 6. The zero-order valence-electron chi connectivity index (χ0n) is 15.1. The summed E-state index contributed by atoms with van der Waals surface area (Å²) in [5.74, 6) is 0.233. The molecule has 5 nitrogen and oxygen atoms in total. The molecular weight excluding hydrogens is 387 g/mol. The van der Waals surface area contributed by atoms with Crippen LogP contribution in [0.3, 0.4) is 0 Å². The second kappa shape index (κ2) is 8.19. The van der Waals surface area contributed by atoms with E-state index in [2.05, 4.69) is 5.32 Å². The Kier molecular flexibility index (Phi) is 5.92. The third-order valence-electron chi connectivity index (χ3n) is 4.35. The van der Waals surface area contributed by atoms with Crippen LogP contribution in [0.25, 0.3) is 0 Å². The standard InChI is InChI=1S/C20H20Cl2N2O3/c1-12-4-6-14(7-5-12)27-11-3-10-24-19-16(22)9-8-15(21)17(19)18(20(24)26)23-13(2)25/h4-9,18H,3,10-11H2,1-2H3,(H,23,25)/t18-/m0/s1. The Morgan fingerprint density at radius 3 is 2.48 bits per heavy atom. The average molecular weight is 407 g/mol. The van der Waals surface area contributed by atoms with Crippen LogP contribution in [0.5, 0.6) is 5.75 Å². The quantitative estimate of drug-likeness (QED) is 0.727. The molecule has 0 bridgehead atoms. The number of fused-ring (bicyclic) bond motifs is 1. The van der Waals surface area contributed by atoms with Gasteiger partial charge in [0.1, 0.15) is 11.8 Å². The fourth-order valence-corrected chi connectivity index (χ4v) is 3.63. The van der Waals surface area contributed by atoms with E-state index >= 15 is 0 Å². The summed E-state index contributed by atoms with van der Waals surface area (Å²) >= 11 is 12.6. The maximum absolute atomic E-state index is 12.9. The van der Waals surface area contributed by atoms with Crippen molar-refractivity contribution in [2.75, 3.05) is 18.1 Å². The van der Waals surface area contributed by atoms with Crippen molar-refractivity contribution in [1.29, 1.82) is 0 Å². The van der Waals surface area contributed by atoms with E-state index in [0.29, 0.717) is 40.9 Å². The van der Waals surface area contributed by atoms with Crippen LogP contribution >= 0.6 is 23.2 Å². The van der Waals surface area contributed by atoms with Crippen molar-refractivity contribution in [3.8, 4) is 5.75 Å². The first-order valence-electron chi connectivity index (χ1n) is 8.64. The van der Waals surface area contributed by atoms with Gasteiger partial charge in [-0.2, -0.15) is 0 Å². The highest BCUT2D eigenvalue weighted by molar-refractivity contribution is 6.38. The minimum Gasteiger partial charge on any atom is -0.494 e. The first-order valence-corrected chi connectivity index (χ1v) is 9.40. The second-order valence-corrected chi connectivity index (χ2v) is 7.24. The fourth-order valence-electron chi connectivity index (χ4n) is 3.10. The summed E-state index contributed by atoms with van der Waals surface area (Å²) in [5.41, 5.74) is 2.27. The van der Waals surface area contributed by atoms with Gasteiger partial charge in [0.2, 0.25) is 5.91 Å². The number of benzene rings is 2. The summed E-state index contributed by atoms with van der Waals surface area (Å²) in [6.07, 6.45) is 0.606. The number of carbonyl (C=O) groups excluding carboxylic acids is 2.